The number of hydrogen-bond acceptors (Lipinski definition) is 4. The number of aromatic nitrogens is 1. The van der Waals surface area contributed by atoms with Gasteiger partial charge in [0.05, 0.1) is 11.6 Å². The predicted octanol–water partition coefficient (Wildman–Crippen LogP) is 1.40. The highest BCUT2D eigenvalue weighted by Crippen LogP contribution is 2.39. The van der Waals surface area contributed by atoms with Crippen molar-refractivity contribution in [3.63, 3.8) is 0 Å². The summed E-state index contributed by atoms with van der Waals surface area (Å²) < 4.78 is 5.23. The van der Waals surface area contributed by atoms with Crippen LogP contribution in [-0.2, 0) is 6.54 Å². The van der Waals surface area contributed by atoms with E-state index in [-0.39, 0.29) is 0 Å². The molecular formula is C9H15N3O. The minimum atomic E-state index is 0.333. The Bertz CT molecular complexity index is 319. The Labute approximate surface area is 77.7 Å². The smallest absolute Gasteiger partial charge is 0.171 e. The number of rotatable bonds is 1. The van der Waals surface area contributed by atoms with Crippen molar-refractivity contribution < 1.29 is 4.52 Å². The molecule has 4 nitrogen and oxygen atoms in total. The molecule has 0 fully saturated rings. The molecule has 2 N–H and O–H groups in total. The van der Waals surface area contributed by atoms with Crippen molar-refractivity contribution in [2.24, 2.45) is 5.92 Å². The summed E-state index contributed by atoms with van der Waals surface area (Å²) in [6, 6.07) is 0.333. The van der Waals surface area contributed by atoms with E-state index in [1.54, 1.807) is 0 Å². The molecule has 0 saturated carbocycles. The molecule has 0 amide bonds. The Hall–Kier alpha value is -1.03. The van der Waals surface area contributed by atoms with Crippen LogP contribution in [0.2, 0.25) is 0 Å². The monoisotopic (exact) mass is 181 g/mol. The molecule has 1 aromatic rings. The SMILES string of the molecule is CC(C)C1c2onc(N)c2CN1C. The average Bonchev–Trinajstić information content (AvgIpc) is 2.51. The maximum absolute atomic E-state index is 5.68. The van der Waals surface area contributed by atoms with Gasteiger partial charge in [-0.25, -0.2) is 0 Å². The first-order valence-electron chi connectivity index (χ1n) is 4.55. The summed E-state index contributed by atoms with van der Waals surface area (Å²) in [7, 11) is 2.08. The van der Waals surface area contributed by atoms with Crippen LogP contribution in [0.1, 0.15) is 31.2 Å². The van der Waals surface area contributed by atoms with Crippen molar-refractivity contribution in [3.8, 4) is 0 Å². The van der Waals surface area contributed by atoms with Gasteiger partial charge in [0.15, 0.2) is 11.6 Å². The molecule has 0 radical (unpaired) electrons. The zero-order valence-electron chi connectivity index (χ0n) is 8.24. The fourth-order valence-electron chi connectivity index (χ4n) is 2.09. The van der Waals surface area contributed by atoms with Gasteiger partial charge in [-0.2, -0.15) is 0 Å². The van der Waals surface area contributed by atoms with Crippen LogP contribution in [0.25, 0.3) is 0 Å². The van der Waals surface area contributed by atoms with Gasteiger partial charge in [0.1, 0.15) is 0 Å². The average molecular weight is 181 g/mol. The molecule has 1 aliphatic rings. The Morgan fingerprint density at radius 1 is 1.62 bits per heavy atom. The van der Waals surface area contributed by atoms with Crippen LogP contribution >= 0.6 is 0 Å². The second-order valence-corrected chi connectivity index (χ2v) is 4.01. The minimum Gasteiger partial charge on any atom is -0.381 e. The van der Waals surface area contributed by atoms with Gasteiger partial charge in [-0.3, -0.25) is 4.90 Å². The van der Waals surface area contributed by atoms with Crippen molar-refractivity contribution in [1.82, 2.24) is 10.1 Å². The van der Waals surface area contributed by atoms with Crippen LogP contribution in [-0.4, -0.2) is 17.1 Å². The van der Waals surface area contributed by atoms with Crippen LogP contribution in [0.5, 0.6) is 0 Å². The molecule has 13 heavy (non-hydrogen) atoms. The summed E-state index contributed by atoms with van der Waals surface area (Å²) in [5.74, 6) is 2.03. The van der Waals surface area contributed by atoms with Gasteiger partial charge in [0, 0.05) is 6.54 Å². The van der Waals surface area contributed by atoms with Gasteiger partial charge >= 0.3 is 0 Å². The first-order chi connectivity index (χ1) is 6.11. The fourth-order valence-corrected chi connectivity index (χ4v) is 2.09. The topological polar surface area (TPSA) is 55.3 Å². The molecule has 1 aromatic heterocycles. The first kappa shape index (κ1) is 8.56. The van der Waals surface area contributed by atoms with Gasteiger partial charge in [-0.1, -0.05) is 19.0 Å². The third kappa shape index (κ3) is 1.13. The second kappa shape index (κ2) is 2.73. The lowest BCUT2D eigenvalue weighted by atomic mass is 10.0. The van der Waals surface area contributed by atoms with E-state index >= 15 is 0 Å². The molecule has 4 heteroatoms. The molecule has 0 aliphatic carbocycles. The number of hydrogen-bond donors (Lipinski definition) is 1. The van der Waals surface area contributed by atoms with Crippen LogP contribution in [0, 0.1) is 5.92 Å². The quantitative estimate of drug-likeness (QED) is 0.711. The lowest BCUT2D eigenvalue weighted by molar-refractivity contribution is 0.180. The number of anilines is 1. The largest absolute Gasteiger partial charge is 0.381 e. The lowest BCUT2D eigenvalue weighted by Gasteiger charge is -2.21. The zero-order chi connectivity index (χ0) is 9.59. The highest BCUT2D eigenvalue weighted by atomic mass is 16.5. The van der Waals surface area contributed by atoms with Gasteiger partial charge in [0.25, 0.3) is 0 Å². The van der Waals surface area contributed by atoms with E-state index in [1.807, 2.05) is 0 Å². The summed E-state index contributed by atoms with van der Waals surface area (Å²) in [4.78, 5) is 2.25. The van der Waals surface area contributed by atoms with E-state index in [9.17, 15) is 0 Å². The fraction of sp³-hybridized carbons (Fsp3) is 0.667. The highest BCUT2D eigenvalue weighted by molar-refractivity contribution is 5.43. The van der Waals surface area contributed by atoms with Crippen molar-refractivity contribution in [2.75, 3.05) is 12.8 Å². The lowest BCUT2D eigenvalue weighted by Crippen LogP contribution is -2.21. The van der Waals surface area contributed by atoms with Crippen LogP contribution in [0.4, 0.5) is 5.82 Å². The van der Waals surface area contributed by atoms with Crippen molar-refractivity contribution in [3.05, 3.63) is 11.3 Å². The Morgan fingerprint density at radius 2 is 2.31 bits per heavy atom. The Balaban J connectivity index is 2.41. The molecule has 1 unspecified atom stereocenters. The van der Waals surface area contributed by atoms with Crippen molar-refractivity contribution in [2.45, 2.75) is 26.4 Å². The molecule has 72 valence electrons. The molecule has 1 aliphatic heterocycles. The molecule has 2 heterocycles. The van der Waals surface area contributed by atoms with E-state index < -0.39 is 0 Å². The van der Waals surface area contributed by atoms with Crippen LogP contribution < -0.4 is 5.73 Å². The molecule has 0 spiro atoms. The summed E-state index contributed by atoms with van der Waals surface area (Å²) in [5.41, 5.74) is 6.76. The maximum Gasteiger partial charge on any atom is 0.171 e. The van der Waals surface area contributed by atoms with E-state index in [0.717, 1.165) is 17.9 Å². The van der Waals surface area contributed by atoms with E-state index in [2.05, 4.69) is 31.0 Å². The van der Waals surface area contributed by atoms with E-state index in [1.165, 1.54) is 0 Å². The molecular weight excluding hydrogens is 166 g/mol. The molecule has 0 bridgehead atoms. The zero-order valence-corrected chi connectivity index (χ0v) is 8.24. The number of nitrogens with zero attached hydrogens (tertiary/aromatic N) is 2. The van der Waals surface area contributed by atoms with Gasteiger partial charge < -0.3 is 10.3 Å². The molecule has 1 atom stereocenters. The number of nitrogens with two attached hydrogens (primary N) is 1. The summed E-state index contributed by atoms with van der Waals surface area (Å²) in [6.45, 7) is 5.21. The van der Waals surface area contributed by atoms with E-state index in [4.69, 9.17) is 10.3 Å². The number of fused-ring (bicyclic) bond motifs is 1. The first-order valence-corrected chi connectivity index (χ1v) is 4.55. The summed E-state index contributed by atoms with van der Waals surface area (Å²) >= 11 is 0. The summed E-state index contributed by atoms with van der Waals surface area (Å²) in [5, 5.41) is 3.78. The van der Waals surface area contributed by atoms with Gasteiger partial charge in [0.2, 0.25) is 0 Å². The molecule has 0 saturated heterocycles. The van der Waals surface area contributed by atoms with Crippen molar-refractivity contribution >= 4 is 5.82 Å². The van der Waals surface area contributed by atoms with Gasteiger partial charge in [-0.05, 0) is 13.0 Å². The highest BCUT2D eigenvalue weighted by Gasteiger charge is 2.35. The minimum absolute atomic E-state index is 0.333. The molecule has 0 aromatic carbocycles. The van der Waals surface area contributed by atoms with Crippen molar-refractivity contribution in [1.29, 1.82) is 0 Å². The standard InChI is InChI=1S/C9H15N3O/c1-5(2)7-8-6(4-12(7)3)9(10)11-13-8/h5,7H,4H2,1-3H3,(H2,10,11). The molecule has 2 rings (SSSR count). The Kier molecular flexibility index (Phi) is 1.80. The van der Waals surface area contributed by atoms with Crippen LogP contribution in [0.3, 0.4) is 0 Å². The van der Waals surface area contributed by atoms with E-state index in [0.29, 0.717) is 17.8 Å². The number of nitrogen functional groups attached to an aromatic ring is 1. The second-order valence-electron chi connectivity index (χ2n) is 4.01. The van der Waals surface area contributed by atoms with Gasteiger partial charge in [-0.15, -0.1) is 0 Å². The summed E-state index contributed by atoms with van der Waals surface area (Å²) in [6.07, 6.45) is 0. The third-order valence-electron chi connectivity index (χ3n) is 2.63. The maximum atomic E-state index is 5.68. The Morgan fingerprint density at radius 3 is 2.92 bits per heavy atom. The predicted molar refractivity (Wildman–Crippen MR) is 50.0 cm³/mol. The normalized spacial score (nSPS) is 22.6. The third-order valence-corrected chi connectivity index (χ3v) is 2.63. The van der Waals surface area contributed by atoms with Crippen LogP contribution in [0.15, 0.2) is 4.52 Å².